The molecule has 8 heteroatoms. The number of nitrogens with zero attached hydrogens (tertiary/aromatic N) is 2. The van der Waals surface area contributed by atoms with Gasteiger partial charge in [-0.25, -0.2) is 4.98 Å². The number of carbonyl (C=O) groups is 2. The summed E-state index contributed by atoms with van der Waals surface area (Å²) in [6.07, 6.45) is 1.72. The van der Waals surface area contributed by atoms with Crippen LogP contribution in [0, 0.1) is 5.92 Å². The normalized spacial score (nSPS) is 11.1. The fourth-order valence-corrected chi connectivity index (χ4v) is 3.42. The van der Waals surface area contributed by atoms with Gasteiger partial charge in [-0.15, -0.1) is 0 Å². The van der Waals surface area contributed by atoms with Crippen molar-refractivity contribution in [3.05, 3.63) is 68.7 Å². The molecule has 0 saturated carbocycles. The first-order chi connectivity index (χ1) is 13.7. The van der Waals surface area contributed by atoms with Crippen LogP contribution in [-0.4, -0.2) is 21.2 Å². The van der Waals surface area contributed by atoms with Crippen molar-refractivity contribution in [2.45, 2.75) is 26.8 Å². The monoisotopic (exact) mass is 431 g/mol. The van der Waals surface area contributed by atoms with Gasteiger partial charge in [-0.3, -0.25) is 19.0 Å². The maximum Gasteiger partial charge on any atom is 0.261 e. The zero-order valence-electron chi connectivity index (χ0n) is 15.9. The van der Waals surface area contributed by atoms with E-state index in [1.54, 1.807) is 24.3 Å². The maximum atomic E-state index is 12.7. The molecule has 0 saturated heterocycles. The number of hydrogen-bond acceptors (Lipinski definition) is 4. The predicted molar refractivity (Wildman–Crippen MR) is 115 cm³/mol. The molecular formula is C21H19Cl2N3O3. The summed E-state index contributed by atoms with van der Waals surface area (Å²) < 4.78 is 1.22. The highest BCUT2D eigenvalue weighted by Gasteiger charge is 2.13. The van der Waals surface area contributed by atoms with Crippen LogP contribution in [-0.2, 0) is 11.3 Å². The fraction of sp³-hybridized carbons (Fsp3) is 0.238. The Morgan fingerprint density at radius 2 is 1.83 bits per heavy atom. The van der Waals surface area contributed by atoms with Gasteiger partial charge in [0.2, 0.25) is 5.91 Å². The largest absolute Gasteiger partial charge is 0.326 e. The van der Waals surface area contributed by atoms with E-state index >= 15 is 0 Å². The first-order valence-electron chi connectivity index (χ1n) is 9.02. The Balaban J connectivity index is 1.77. The summed E-state index contributed by atoms with van der Waals surface area (Å²) in [5.74, 6) is -0.0823. The second kappa shape index (κ2) is 8.76. The molecule has 6 nitrogen and oxygen atoms in total. The molecule has 0 unspecified atom stereocenters. The molecule has 0 radical (unpaired) electrons. The molecule has 0 aliphatic heterocycles. The van der Waals surface area contributed by atoms with Gasteiger partial charge in [0.05, 0.1) is 28.8 Å². The van der Waals surface area contributed by atoms with Crippen LogP contribution in [0.3, 0.4) is 0 Å². The molecule has 0 aliphatic rings. The molecule has 2 aromatic carbocycles. The number of carbonyl (C=O) groups excluding carboxylic acids is 2. The van der Waals surface area contributed by atoms with Crippen molar-refractivity contribution in [3.63, 3.8) is 0 Å². The molecule has 3 rings (SSSR count). The number of ketones is 1. The van der Waals surface area contributed by atoms with E-state index in [4.69, 9.17) is 23.2 Å². The van der Waals surface area contributed by atoms with Crippen molar-refractivity contribution < 1.29 is 9.59 Å². The number of amides is 1. The number of benzene rings is 2. The van der Waals surface area contributed by atoms with Crippen molar-refractivity contribution >= 4 is 51.5 Å². The van der Waals surface area contributed by atoms with Gasteiger partial charge in [0.1, 0.15) is 0 Å². The Hall–Kier alpha value is -2.70. The van der Waals surface area contributed by atoms with E-state index in [0.29, 0.717) is 28.2 Å². The zero-order chi connectivity index (χ0) is 21.1. The third-order valence-electron chi connectivity index (χ3n) is 4.24. The van der Waals surface area contributed by atoms with Crippen LogP contribution in [0.4, 0.5) is 5.69 Å². The molecular weight excluding hydrogens is 413 g/mol. The molecule has 150 valence electrons. The van der Waals surface area contributed by atoms with E-state index in [2.05, 4.69) is 10.3 Å². The summed E-state index contributed by atoms with van der Waals surface area (Å²) in [6.45, 7) is 3.75. The number of fused-ring (bicyclic) bond motifs is 1. The highest BCUT2D eigenvalue weighted by Crippen LogP contribution is 2.24. The van der Waals surface area contributed by atoms with E-state index in [9.17, 15) is 14.4 Å². The summed E-state index contributed by atoms with van der Waals surface area (Å²) in [5.41, 5.74) is 0.973. The van der Waals surface area contributed by atoms with E-state index in [1.807, 2.05) is 13.8 Å². The third kappa shape index (κ3) is 5.02. The molecule has 1 N–H and O–H groups in total. The highest BCUT2D eigenvalue weighted by atomic mass is 35.5. The van der Waals surface area contributed by atoms with Crippen LogP contribution >= 0.6 is 23.2 Å². The zero-order valence-corrected chi connectivity index (χ0v) is 17.4. The molecule has 0 bridgehead atoms. The van der Waals surface area contributed by atoms with Crippen molar-refractivity contribution in [3.8, 4) is 0 Å². The van der Waals surface area contributed by atoms with Crippen LogP contribution in [0.25, 0.3) is 10.9 Å². The minimum absolute atomic E-state index is 0.0785. The number of hydrogen-bond donors (Lipinski definition) is 1. The van der Waals surface area contributed by atoms with Crippen LogP contribution in [0.2, 0.25) is 10.0 Å². The van der Waals surface area contributed by atoms with E-state index < -0.39 is 5.56 Å². The second-order valence-corrected chi connectivity index (χ2v) is 7.95. The molecule has 0 fully saturated rings. The highest BCUT2D eigenvalue weighted by molar-refractivity contribution is 6.38. The van der Waals surface area contributed by atoms with Gasteiger partial charge in [0, 0.05) is 22.7 Å². The van der Waals surface area contributed by atoms with Gasteiger partial charge in [-0.1, -0.05) is 37.0 Å². The lowest BCUT2D eigenvalue weighted by atomic mass is 10.1. The summed E-state index contributed by atoms with van der Waals surface area (Å²) in [6, 6.07) is 9.53. The number of aromatic nitrogens is 2. The number of halogens is 2. The second-order valence-electron chi connectivity index (χ2n) is 7.11. The lowest BCUT2D eigenvalue weighted by Gasteiger charge is -2.09. The van der Waals surface area contributed by atoms with Gasteiger partial charge in [0.15, 0.2) is 5.78 Å². The van der Waals surface area contributed by atoms with Crippen LogP contribution < -0.4 is 10.9 Å². The Kier molecular flexibility index (Phi) is 6.35. The molecule has 0 aliphatic carbocycles. The number of nitrogens with one attached hydrogen (secondary N) is 1. The molecule has 0 atom stereocenters. The quantitative estimate of drug-likeness (QED) is 0.579. The predicted octanol–water partition coefficient (Wildman–Crippen LogP) is 4.57. The minimum Gasteiger partial charge on any atom is -0.326 e. The van der Waals surface area contributed by atoms with Gasteiger partial charge in [-0.2, -0.15) is 0 Å². The summed E-state index contributed by atoms with van der Waals surface area (Å²) >= 11 is 12.0. The Morgan fingerprint density at radius 3 is 2.48 bits per heavy atom. The van der Waals surface area contributed by atoms with E-state index in [1.165, 1.54) is 23.0 Å². The van der Waals surface area contributed by atoms with Crippen molar-refractivity contribution in [2.75, 3.05) is 5.32 Å². The Morgan fingerprint density at radius 1 is 1.14 bits per heavy atom. The lowest BCUT2D eigenvalue weighted by molar-refractivity contribution is -0.116. The minimum atomic E-state index is -0.398. The SMILES string of the molecule is CC(C)CC(=O)Nc1ccc(C(=O)Cn2cnc3c(Cl)cc(Cl)cc3c2=O)cc1. The van der Waals surface area contributed by atoms with Crippen LogP contribution in [0.1, 0.15) is 30.6 Å². The number of Topliss-reactive ketones (excluding diaryl/α,β-unsaturated/α-hetero) is 1. The number of rotatable bonds is 6. The van der Waals surface area contributed by atoms with E-state index in [-0.39, 0.29) is 34.6 Å². The molecule has 1 amide bonds. The van der Waals surface area contributed by atoms with Gasteiger partial charge < -0.3 is 5.32 Å². The Bertz CT molecular complexity index is 1140. The molecule has 3 aromatic rings. The molecule has 1 aromatic heterocycles. The third-order valence-corrected chi connectivity index (χ3v) is 4.75. The smallest absolute Gasteiger partial charge is 0.261 e. The van der Waals surface area contributed by atoms with E-state index in [0.717, 1.165) is 0 Å². The standard InChI is InChI=1S/C21H19Cl2N3O3/c1-12(2)7-19(28)25-15-5-3-13(4-6-15)18(27)10-26-11-24-20-16(21(26)29)8-14(22)9-17(20)23/h3-6,8-9,11-12H,7,10H2,1-2H3,(H,25,28). The van der Waals surface area contributed by atoms with Crippen LogP contribution in [0.15, 0.2) is 47.5 Å². The van der Waals surface area contributed by atoms with Crippen molar-refractivity contribution in [1.29, 1.82) is 0 Å². The summed E-state index contributed by atoms with van der Waals surface area (Å²) in [5, 5.41) is 3.64. The van der Waals surface area contributed by atoms with Crippen LogP contribution in [0.5, 0.6) is 0 Å². The average molecular weight is 432 g/mol. The van der Waals surface area contributed by atoms with Crippen molar-refractivity contribution in [1.82, 2.24) is 9.55 Å². The van der Waals surface area contributed by atoms with Gasteiger partial charge in [0.25, 0.3) is 5.56 Å². The Labute approximate surface area is 177 Å². The summed E-state index contributed by atoms with van der Waals surface area (Å²) in [4.78, 5) is 41.3. The summed E-state index contributed by atoms with van der Waals surface area (Å²) in [7, 11) is 0. The average Bonchev–Trinajstić information content (AvgIpc) is 2.64. The molecule has 1 heterocycles. The van der Waals surface area contributed by atoms with Crippen molar-refractivity contribution in [2.24, 2.45) is 5.92 Å². The first kappa shape index (κ1) is 21.0. The first-order valence-corrected chi connectivity index (χ1v) is 9.77. The number of anilines is 1. The topological polar surface area (TPSA) is 81.1 Å². The maximum absolute atomic E-state index is 12.7. The molecule has 0 spiro atoms. The fourth-order valence-electron chi connectivity index (χ4n) is 2.88. The lowest BCUT2D eigenvalue weighted by Crippen LogP contribution is -2.24. The van der Waals surface area contributed by atoms with Gasteiger partial charge >= 0.3 is 0 Å². The molecule has 29 heavy (non-hydrogen) atoms. The van der Waals surface area contributed by atoms with Gasteiger partial charge in [-0.05, 0) is 42.3 Å².